The van der Waals surface area contributed by atoms with Gasteiger partial charge in [0.1, 0.15) is 11.5 Å². The van der Waals surface area contributed by atoms with Crippen molar-refractivity contribution in [1.82, 2.24) is 10.3 Å². The fourth-order valence-electron chi connectivity index (χ4n) is 3.14. The van der Waals surface area contributed by atoms with Gasteiger partial charge in [-0.2, -0.15) is 0 Å². The molecule has 26 heavy (non-hydrogen) atoms. The van der Waals surface area contributed by atoms with Gasteiger partial charge in [0.2, 0.25) is 0 Å². The summed E-state index contributed by atoms with van der Waals surface area (Å²) in [6, 6.07) is 13.5. The Balaban J connectivity index is 1.92. The van der Waals surface area contributed by atoms with Crippen LogP contribution in [0, 0.1) is 6.92 Å². The number of rotatable bonds is 7. The molecule has 0 spiro atoms. The monoisotopic (exact) mass is 350 g/mol. The number of aromatic nitrogens is 1. The highest BCUT2D eigenvalue weighted by atomic mass is 16.3. The number of amides is 1. The van der Waals surface area contributed by atoms with Crippen molar-refractivity contribution in [2.75, 3.05) is 0 Å². The third kappa shape index (κ3) is 4.13. The van der Waals surface area contributed by atoms with Gasteiger partial charge in [0.25, 0.3) is 5.91 Å². The summed E-state index contributed by atoms with van der Waals surface area (Å²) in [4.78, 5) is 17.6. The van der Waals surface area contributed by atoms with E-state index < -0.39 is 0 Å². The highest BCUT2D eigenvalue weighted by molar-refractivity contribution is 6.07. The van der Waals surface area contributed by atoms with Crippen LogP contribution in [-0.2, 0) is 0 Å². The molecule has 0 aliphatic rings. The van der Waals surface area contributed by atoms with Crippen LogP contribution in [0.2, 0.25) is 0 Å². The molecule has 136 valence electrons. The number of benzene rings is 1. The Morgan fingerprint density at radius 2 is 2.00 bits per heavy atom. The van der Waals surface area contributed by atoms with Gasteiger partial charge in [0.05, 0.1) is 11.1 Å². The Morgan fingerprint density at radius 1 is 1.19 bits per heavy atom. The van der Waals surface area contributed by atoms with Crippen LogP contribution in [0.3, 0.4) is 0 Å². The molecule has 3 aromatic rings. The molecular formula is C22H26N2O2. The maximum Gasteiger partial charge on any atom is 0.252 e. The first-order valence-electron chi connectivity index (χ1n) is 9.36. The number of hydrogen-bond acceptors (Lipinski definition) is 3. The van der Waals surface area contributed by atoms with Crippen LogP contribution >= 0.6 is 0 Å². The van der Waals surface area contributed by atoms with E-state index in [9.17, 15) is 4.79 Å². The van der Waals surface area contributed by atoms with Crippen molar-refractivity contribution in [3.05, 3.63) is 53.8 Å². The fourth-order valence-corrected chi connectivity index (χ4v) is 3.14. The van der Waals surface area contributed by atoms with Crippen LogP contribution in [-0.4, -0.2) is 16.9 Å². The van der Waals surface area contributed by atoms with E-state index >= 15 is 0 Å². The summed E-state index contributed by atoms with van der Waals surface area (Å²) in [5, 5.41) is 3.99. The third-order valence-electron chi connectivity index (χ3n) is 4.57. The molecule has 1 atom stereocenters. The topological polar surface area (TPSA) is 55.1 Å². The Morgan fingerprint density at radius 3 is 2.73 bits per heavy atom. The van der Waals surface area contributed by atoms with Crippen molar-refractivity contribution in [2.45, 2.75) is 52.5 Å². The summed E-state index contributed by atoms with van der Waals surface area (Å²) >= 11 is 0. The van der Waals surface area contributed by atoms with Gasteiger partial charge >= 0.3 is 0 Å². The Labute approximate surface area is 154 Å². The predicted molar refractivity (Wildman–Crippen MR) is 105 cm³/mol. The molecule has 0 bridgehead atoms. The van der Waals surface area contributed by atoms with Crippen molar-refractivity contribution >= 4 is 16.8 Å². The van der Waals surface area contributed by atoms with Crippen molar-refractivity contribution in [2.24, 2.45) is 0 Å². The quantitative estimate of drug-likeness (QED) is 0.572. The first kappa shape index (κ1) is 18.2. The summed E-state index contributed by atoms with van der Waals surface area (Å²) in [6.07, 6.45) is 4.50. The zero-order valence-corrected chi connectivity index (χ0v) is 15.7. The number of nitrogens with zero attached hydrogens (tertiary/aromatic N) is 1. The lowest BCUT2D eigenvalue weighted by Crippen LogP contribution is -2.32. The van der Waals surface area contributed by atoms with Gasteiger partial charge in [-0.1, -0.05) is 44.4 Å². The highest BCUT2D eigenvalue weighted by Crippen LogP contribution is 2.26. The van der Waals surface area contributed by atoms with Crippen molar-refractivity contribution in [3.63, 3.8) is 0 Å². The summed E-state index contributed by atoms with van der Waals surface area (Å²) in [7, 11) is 0. The second-order valence-corrected chi connectivity index (χ2v) is 6.85. The highest BCUT2D eigenvalue weighted by Gasteiger charge is 2.16. The zero-order valence-electron chi connectivity index (χ0n) is 15.7. The smallest absolute Gasteiger partial charge is 0.252 e. The second kappa shape index (κ2) is 8.17. The number of nitrogens with one attached hydrogen (secondary N) is 1. The summed E-state index contributed by atoms with van der Waals surface area (Å²) < 4.78 is 5.71. The van der Waals surface area contributed by atoms with Gasteiger partial charge in [-0.15, -0.1) is 0 Å². The lowest BCUT2D eigenvalue weighted by atomic mass is 10.0. The summed E-state index contributed by atoms with van der Waals surface area (Å²) in [5.74, 6) is 1.45. The van der Waals surface area contributed by atoms with Gasteiger partial charge in [0, 0.05) is 11.4 Å². The number of hydrogen-bond donors (Lipinski definition) is 1. The molecule has 1 amide bonds. The minimum atomic E-state index is -0.0582. The average Bonchev–Trinajstić information content (AvgIpc) is 3.07. The van der Waals surface area contributed by atoms with Gasteiger partial charge < -0.3 is 9.73 Å². The molecule has 0 aliphatic heterocycles. The number of para-hydroxylation sites is 1. The van der Waals surface area contributed by atoms with Gasteiger partial charge in [-0.3, -0.25) is 4.79 Å². The van der Waals surface area contributed by atoms with Crippen molar-refractivity contribution in [3.8, 4) is 11.5 Å². The largest absolute Gasteiger partial charge is 0.460 e. The fraction of sp³-hybridized carbons (Fsp3) is 0.364. The molecule has 0 radical (unpaired) electrons. The van der Waals surface area contributed by atoms with Crippen LogP contribution in [0.4, 0.5) is 0 Å². The summed E-state index contributed by atoms with van der Waals surface area (Å²) in [6.45, 7) is 6.15. The number of unbranched alkanes of at least 4 members (excludes halogenated alkanes) is 2. The maximum absolute atomic E-state index is 12.9. The van der Waals surface area contributed by atoms with E-state index in [2.05, 4.69) is 24.1 Å². The molecule has 4 nitrogen and oxygen atoms in total. The molecular weight excluding hydrogens is 324 g/mol. The van der Waals surface area contributed by atoms with E-state index in [1.165, 1.54) is 12.8 Å². The van der Waals surface area contributed by atoms with E-state index in [1.54, 1.807) is 0 Å². The molecule has 2 heterocycles. The number of carbonyl (C=O) groups excluding carboxylic acids is 1. The van der Waals surface area contributed by atoms with E-state index in [0.29, 0.717) is 17.0 Å². The van der Waals surface area contributed by atoms with Gasteiger partial charge in [-0.05, 0) is 44.5 Å². The van der Waals surface area contributed by atoms with Gasteiger partial charge in [0.15, 0.2) is 5.76 Å². The Hall–Kier alpha value is -2.62. The van der Waals surface area contributed by atoms with Crippen LogP contribution in [0.25, 0.3) is 22.4 Å². The molecule has 0 fully saturated rings. The summed E-state index contributed by atoms with van der Waals surface area (Å²) in [5.41, 5.74) is 2.12. The Kier molecular flexibility index (Phi) is 5.71. The average molecular weight is 350 g/mol. The van der Waals surface area contributed by atoms with Crippen LogP contribution in [0.15, 0.2) is 46.9 Å². The molecule has 4 heteroatoms. The van der Waals surface area contributed by atoms with Gasteiger partial charge in [-0.25, -0.2) is 4.98 Å². The second-order valence-electron chi connectivity index (χ2n) is 6.85. The molecule has 2 aromatic heterocycles. The molecule has 1 aromatic carbocycles. The minimum Gasteiger partial charge on any atom is -0.460 e. The van der Waals surface area contributed by atoms with E-state index in [0.717, 1.165) is 29.5 Å². The van der Waals surface area contributed by atoms with Crippen molar-refractivity contribution in [1.29, 1.82) is 0 Å². The maximum atomic E-state index is 12.9. The molecule has 1 N–H and O–H groups in total. The normalized spacial score (nSPS) is 12.3. The first-order chi connectivity index (χ1) is 12.6. The van der Waals surface area contributed by atoms with E-state index in [-0.39, 0.29) is 11.9 Å². The number of aryl methyl sites for hydroxylation is 1. The zero-order chi connectivity index (χ0) is 18.5. The Bertz CT molecular complexity index is 898. The standard InChI is InChI=1S/C22H26N2O2/c1-4-5-6-9-15(2)23-22(25)18-14-20(21-13-12-16(3)26-21)24-19-11-8-7-10-17(18)19/h7-8,10-15H,4-6,9H2,1-3H3,(H,23,25). The minimum absolute atomic E-state index is 0.0582. The molecule has 0 saturated heterocycles. The SMILES string of the molecule is CCCCCC(C)NC(=O)c1cc(-c2ccc(C)o2)nc2ccccc12. The lowest BCUT2D eigenvalue weighted by Gasteiger charge is -2.15. The number of furan rings is 1. The lowest BCUT2D eigenvalue weighted by molar-refractivity contribution is 0.0939. The molecule has 0 saturated carbocycles. The van der Waals surface area contributed by atoms with E-state index in [1.807, 2.05) is 49.4 Å². The third-order valence-corrected chi connectivity index (χ3v) is 4.57. The molecule has 1 unspecified atom stereocenters. The van der Waals surface area contributed by atoms with E-state index in [4.69, 9.17) is 4.42 Å². The number of pyridine rings is 1. The first-order valence-corrected chi connectivity index (χ1v) is 9.36. The van der Waals surface area contributed by atoms with Crippen LogP contribution in [0.5, 0.6) is 0 Å². The number of fused-ring (bicyclic) bond motifs is 1. The predicted octanol–water partition coefficient (Wildman–Crippen LogP) is 5.50. The van der Waals surface area contributed by atoms with Crippen molar-refractivity contribution < 1.29 is 9.21 Å². The van der Waals surface area contributed by atoms with Crippen LogP contribution < -0.4 is 5.32 Å². The molecule has 0 aliphatic carbocycles. The molecule has 3 rings (SSSR count). The number of carbonyl (C=O) groups is 1. The van der Waals surface area contributed by atoms with Crippen LogP contribution in [0.1, 0.15) is 55.6 Å².